The number of ether oxygens (including phenoxy) is 1. The topological polar surface area (TPSA) is 38.2 Å². The lowest BCUT2D eigenvalue weighted by atomic mass is 10.2. The van der Waals surface area contributed by atoms with Gasteiger partial charge in [0, 0.05) is 19.7 Å². The predicted molar refractivity (Wildman–Crippen MR) is 62.4 cm³/mol. The van der Waals surface area contributed by atoms with Crippen LogP contribution in [0.4, 0.5) is 0 Å². The molecular weight excluding hydrogens is 226 g/mol. The first-order chi connectivity index (χ1) is 7.74. The molecule has 1 atom stereocenters. The molecule has 2 rings (SSSR count). The molecule has 88 valence electrons. The number of hydrogen-bond acceptors (Lipinski definition) is 4. The Balaban J connectivity index is 1.81. The van der Waals surface area contributed by atoms with E-state index in [-0.39, 0.29) is 0 Å². The van der Waals surface area contributed by atoms with Gasteiger partial charge in [0.15, 0.2) is 0 Å². The second-order valence-electron chi connectivity index (χ2n) is 4.16. The van der Waals surface area contributed by atoms with E-state index in [9.17, 15) is 0 Å². The number of hydrogen-bond donors (Lipinski definition) is 0. The fourth-order valence-corrected chi connectivity index (χ4v) is 2.00. The first-order valence-electron chi connectivity index (χ1n) is 5.50. The molecule has 0 aromatic carbocycles. The lowest BCUT2D eigenvalue weighted by molar-refractivity contribution is 0.0789. The monoisotopic (exact) mass is 241 g/mol. The van der Waals surface area contributed by atoms with E-state index in [1.165, 1.54) is 6.42 Å². The lowest BCUT2D eigenvalue weighted by Crippen LogP contribution is -2.28. The number of halogens is 1. The quantitative estimate of drug-likeness (QED) is 0.805. The fourth-order valence-electron chi connectivity index (χ4n) is 1.90. The van der Waals surface area contributed by atoms with Gasteiger partial charge in [-0.2, -0.15) is 0 Å². The maximum Gasteiger partial charge on any atom is 0.147 e. The van der Waals surface area contributed by atoms with Crippen molar-refractivity contribution in [1.29, 1.82) is 0 Å². The van der Waals surface area contributed by atoms with Gasteiger partial charge in [-0.05, 0) is 19.9 Å². The van der Waals surface area contributed by atoms with Crippen LogP contribution in [0.2, 0.25) is 5.15 Å². The summed E-state index contributed by atoms with van der Waals surface area (Å²) in [6.45, 7) is 2.63. The standard InChI is InChI=1S/C11H16ClN3O/c1-15(8-10-3-2-4-16-10)7-9-5-14-11(12)6-13-9/h5-6,10H,2-4,7-8H2,1H3. The molecule has 5 heteroatoms. The van der Waals surface area contributed by atoms with E-state index in [2.05, 4.69) is 21.9 Å². The number of likely N-dealkylation sites (N-methyl/N-ethyl adjacent to an activating group) is 1. The van der Waals surface area contributed by atoms with Gasteiger partial charge in [0.2, 0.25) is 0 Å². The van der Waals surface area contributed by atoms with E-state index in [1.54, 1.807) is 12.4 Å². The third-order valence-corrected chi connectivity index (χ3v) is 2.84. The van der Waals surface area contributed by atoms with Gasteiger partial charge in [-0.15, -0.1) is 0 Å². The molecule has 1 saturated heterocycles. The molecule has 4 nitrogen and oxygen atoms in total. The van der Waals surface area contributed by atoms with Gasteiger partial charge in [-0.3, -0.25) is 9.88 Å². The molecule has 0 amide bonds. The minimum absolute atomic E-state index is 0.380. The van der Waals surface area contributed by atoms with E-state index in [0.29, 0.717) is 11.3 Å². The van der Waals surface area contributed by atoms with Crippen molar-refractivity contribution >= 4 is 11.6 Å². The van der Waals surface area contributed by atoms with Crippen LogP contribution in [0.5, 0.6) is 0 Å². The lowest BCUT2D eigenvalue weighted by Gasteiger charge is -2.19. The van der Waals surface area contributed by atoms with Crippen LogP contribution in [0.1, 0.15) is 18.5 Å². The van der Waals surface area contributed by atoms with E-state index < -0.39 is 0 Å². The van der Waals surface area contributed by atoms with E-state index >= 15 is 0 Å². The van der Waals surface area contributed by atoms with Crippen LogP contribution in [-0.2, 0) is 11.3 Å². The summed E-state index contributed by atoms with van der Waals surface area (Å²) < 4.78 is 5.58. The van der Waals surface area contributed by atoms with Gasteiger partial charge in [0.1, 0.15) is 5.15 Å². The summed E-state index contributed by atoms with van der Waals surface area (Å²) in [5, 5.41) is 0.436. The second kappa shape index (κ2) is 5.57. The Kier molecular flexibility index (Phi) is 4.09. The van der Waals surface area contributed by atoms with Crippen molar-refractivity contribution in [2.24, 2.45) is 0 Å². The van der Waals surface area contributed by atoms with Crippen LogP contribution in [0, 0.1) is 0 Å². The molecule has 16 heavy (non-hydrogen) atoms. The van der Waals surface area contributed by atoms with Crippen molar-refractivity contribution in [3.63, 3.8) is 0 Å². The van der Waals surface area contributed by atoms with Crippen molar-refractivity contribution in [2.45, 2.75) is 25.5 Å². The molecule has 1 aromatic heterocycles. The first kappa shape index (κ1) is 11.8. The summed E-state index contributed by atoms with van der Waals surface area (Å²) in [5.41, 5.74) is 0.935. The second-order valence-corrected chi connectivity index (χ2v) is 4.55. The van der Waals surface area contributed by atoms with Gasteiger partial charge in [0.25, 0.3) is 0 Å². The maximum atomic E-state index is 5.68. The number of nitrogens with zero attached hydrogens (tertiary/aromatic N) is 3. The highest BCUT2D eigenvalue weighted by Gasteiger charge is 2.17. The fraction of sp³-hybridized carbons (Fsp3) is 0.636. The molecule has 0 N–H and O–H groups in total. The maximum absolute atomic E-state index is 5.68. The minimum atomic E-state index is 0.380. The Bertz CT molecular complexity index is 325. The van der Waals surface area contributed by atoms with Gasteiger partial charge in [0.05, 0.1) is 24.2 Å². The SMILES string of the molecule is CN(Cc1cnc(Cl)cn1)CC1CCCO1. The molecule has 0 saturated carbocycles. The van der Waals surface area contributed by atoms with Crippen LogP contribution in [-0.4, -0.2) is 41.2 Å². The Morgan fingerprint density at radius 3 is 3.00 bits per heavy atom. The molecule has 1 aliphatic rings. The third kappa shape index (κ3) is 3.40. The average molecular weight is 242 g/mol. The summed E-state index contributed by atoms with van der Waals surface area (Å²) in [5.74, 6) is 0. The molecule has 1 unspecified atom stereocenters. The number of aromatic nitrogens is 2. The van der Waals surface area contributed by atoms with Gasteiger partial charge in [-0.25, -0.2) is 4.98 Å². The van der Waals surface area contributed by atoms with Gasteiger partial charge >= 0.3 is 0 Å². The Morgan fingerprint density at radius 2 is 2.38 bits per heavy atom. The van der Waals surface area contributed by atoms with Gasteiger partial charge in [-0.1, -0.05) is 11.6 Å². The average Bonchev–Trinajstić information content (AvgIpc) is 2.74. The zero-order chi connectivity index (χ0) is 11.4. The summed E-state index contributed by atoms with van der Waals surface area (Å²) in [4.78, 5) is 10.4. The van der Waals surface area contributed by atoms with E-state index in [4.69, 9.17) is 16.3 Å². The van der Waals surface area contributed by atoms with Crippen molar-refractivity contribution in [1.82, 2.24) is 14.9 Å². The van der Waals surface area contributed by atoms with Crippen LogP contribution < -0.4 is 0 Å². The summed E-state index contributed by atoms with van der Waals surface area (Å²) in [6.07, 6.45) is 6.02. The Labute approximate surface area is 101 Å². The minimum Gasteiger partial charge on any atom is -0.377 e. The molecule has 2 heterocycles. The van der Waals surface area contributed by atoms with Crippen LogP contribution >= 0.6 is 11.6 Å². The van der Waals surface area contributed by atoms with Crippen molar-refractivity contribution in [3.8, 4) is 0 Å². The summed E-state index contributed by atoms with van der Waals surface area (Å²) in [6, 6.07) is 0. The zero-order valence-electron chi connectivity index (χ0n) is 9.40. The van der Waals surface area contributed by atoms with Crippen molar-refractivity contribution in [3.05, 3.63) is 23.2 Å². The largest absolute Gasteiger partial charge is 0.377 e. The molecule has 1 aliphatic heterocycles. The zero-order valence-corrected chi connectivity index (χ0v) is 10.2. The molecular formula is C11H16ClN3O. The Hall–Kier alpha value is -0.710. The predicted octanol–water partition coefficient (Wildman–Crippen LogP) is 1.74. The van der Waals surface area contributed by atoms with Crippen LogP contribution in [0.3, 0.4) is 0 Å². The van der Waals surface area contributed by atoms with Crippen molar-refractivity contribution < 1.29 is 4.74 Å². The third-order valence-electron chi connectivity index (χ3n) is 2.65. The highest BCUT2D eigenvalue weighted by Crippen LogP contribution is 2.13. The molecule has 1 fully saturated rings. The molecule has 0 spiro atoms. The normalized spacial score (nSPS) is 20.6. The van der Waals surface area contributed by atoms with Crippen molar-refractivity contribution in [2.75, 3.05) is 20.2 Å². The van der Waals surface area contributed by atoms with Crippen LogP contribution in [0.15, 0.2) is 12.4 Å². The smallest absolute Gasteiger partial charge is 0.147 e. The van der Waals surface area contributed by atoms with Crippen LogP contribution in [0.25, 0.3) is 0 Å². The van der Waals surface area contributed by atoms with E-state index in [0.717, 1.165) is 31.8 Å². The molecule has 0 radical (unpaired) electrons. The van der Waals surface area contributed by atoms with E-state index in [1.807, 2.05) is 0 Å². The molecule has 0 aliphatic carbocycles. The molecule has 0 bridgehead atoms. The summed E-state index contributed by atoms with van der Waals surface area (Å²) in [7, 11) is 2.07. The first-order valence-corrected chi connectivity index (χ1v) is 5.88. The summed E-state index contributed by atoms with van der Waals surface area (Å²) >= 11 is 5.68. The Morgan fingerprint density at radius 1 is 1.50 bits per heavy atom. The molecule has 1 aromatic rings. The highest BCUT2D eigenvalue weighted by molar-refractivity contribution is 6.29. The number of rotatable bonds is 4. The highest BCUT2D eigenvalue weighted by atomic mass is 35.5. The van der Waals surface area contributed by atoms with Gasteiger partial charge < -0.3 is 4.74 Å².